The van der Waals surface area contributed by atoms with Crippen LogP contribution in [0.1, 0.15) is 34.9 Å². The summed E-state index contributed by atoms with van der Waals surface area (Å²) in [5, 5.41) is 10.9. The largest absolute Gasteiger partial charge is 0.491 e. The molecular formula is C29H31N3O3. The summed E-state index contributed by atoms with van der Waals surface area (Å²) in [4.78, 5) is 19.7. The number of aromatic nitrogens is 2. The molecule has 1 aliphatic rings. The van der Waals surface area contributed by atoms with Crippen molar-refractivity contribution in [3.63, 3.8) is 0 Å². The van der Waals surface area contributed by atoms with Crippen LogP contribution in [-0.4, -0.2) is 39.8 Å². The van der Waals surface area contributed by atoms with Crippen molar-refractivity contribution in [1.29, 1.82) is 0 Å². The number of nitrogens with zero attached hydrogens (tertiary/aromatic N) is 3. The second kappa shape index (κ2) is 9.55. The standard InChI is InChI=1S/C29H31N3O3/c1-19-9-12-23(13-10-19)31-16-22(15-28(31)34)29-30-25-6-4-5-7-26(25)32(29)17-24(33)18-35-27-14-20(2)8-11-21(27)3/h4-14,22,24,33H,15-18H2,1-3H3/t22-,24+/m1/s1. The Hall–Kier alpha value is -3.64. The Labute approximate surface area is 205 Å². The molecule has 0 unspecified atom stereocenters. The molecule has 1 amide bonds. The fourth-order valence-corrected chi connectivity index (χ4v) is 4.76. The summed E-state index contributed by atoms with van der Waals surface area (Å²) in [6.07, 6.45) is -0.330. The molecule has 0 aliphatic carbocycles. The van der Waals surface area contributed by atoms with Gasteiger partial charge in [-0.2, -0.15) is 0 Å². The van der Waals surface area contributed by atoms with Crippen molar-refractivity contribution >= 4 is 22.6 Å². The number of aryl methyl sites for hydroxylation is 3. The number of fused-ring (bicyclic) bond motifs is 1. The molecule has 6 nitrogen and oxygen atoms in total. The minimum absolute atomic E-state index is 0.0525. The average Bonchev–Trinajstić information content (AvgIpc) is 3.41. The smallest absolute Gasteiger partial charge is 0.227 e. The third-order valence-corrected chi connectivity index (χ3v) is 6.69. The summed E-state index contributed by atoms with van der Waals surface area (Å²) in [5.74, 6) is 1.66. The first-order valence-corrected chi connectivity index (χ1v) is 12.1. The lowest BCUT2D eigenvalue weighted by atomic mass is 10.1. The van der Waals surface area contributed by atoms with E-state index in [2.05, 4.69) is 4.57 Å². The number of carbonyl (C=O) groups excluding carboxylic acids is 1. The van der Waals surface area contributed by atoms with E-state index in [1.807, 2.05) is 92.4 Å². The third-order valence-electron chi connectivity index (χ3n) is 6.69. The minimum Gasteiger partial charge on any atom is -0.491 e. The number of para-hydroxylation sites is 2. The summed E-state index contributed by atoms with van der Waals surface area (Å²) < 4.78 is 8.02. The van der Waals surface area contributed by atoms with Gasteiger partial charge in [0, 0.05) is 24.6 Å². The number of anilines is 1. The van der Waals surface area contributed by atoms with Gasteiger partial charge in [0.2, 0.25) is 5.91 Å². The zero-order valence-electron chi connectivity index (χ0n) is 20.4. The van der Waals surface area contributed by atoms with Crippen LogP contribution in [0, 0.1) is 20.8 Å². The van der Waals surface area contributed by atoms with Crippen LogP contribution in [0.25, 0.3) is 11.0 Å². The molecule has 1 aromatic heterocycles. The van der Waals surface area contributed by atoms with Crippen LogP contribution >= 0.6 is 0 Å². The molecule has 6 heteroatoms. The molecule has 35 heavy (non-hydrogen) atoms. The molecular weight excluding hydrogens is 438 g/mol. The van der Waals surface area contributed by atoms with E-state index in [1.54, 1.807) is 0 Å². The van der Waals surface area contributed by atoms with Crippen molar-refractivity contribution in [3.8, 4) is 5.75 Å². The van der Waals surface area contributed by atoms with Gasteiger partial charge in [0.25, 0.3) is 0 Å². The zero-order valence-corrected chi connectivity index (χ0v) is 20.4. The highest BCUT2D eigenvalue weighted by atomic mass is 16.5. The van der Waals surface area contributed by atoms with E-state index >= 15 is 0 Å². The zero-order chi connectivity index (χ0) is 24.5. The van der Waals surface area contributed by atoms with Gasteiger partial charge in [0.05, 0.1) is 17.6 Å². The normalized spacial score (nSPS) is 16.7. The minimum atomic E-state index is -0.725. The van der Waals surface area contributed by atoms with Gasteiger partial charge in [-0.15, -0.1) is 0 Å². The number of hydrogen-bond donors (Lipinski definition) is 1. The highest BCUT2D eigenvalue weighted by Gasteiger charge is 2.35. The molecule has 0 bridgehead atoms. The second-order valence-electron chi connectivity index (χ2n) is 9.54. The van der Waals surface area contributed by atoms with E-state index in [-0.39, 0.29) is 18.4 Å². The van der Waals surface area contributed by atoms with Crippen molar-refractivity contribution in [2.45, 2.75) is 45.8 Å². The lowest BCUT2D eigenvalue weighted by Crippen LogP contribution is -2.26. The van der Waals surface area contributed by atoms with Crippen molar-refractivity contribution in [2.24, 2.45) is 0 Å². The van der Waals surface area contributed by atoms with Gasteiger partial charge in [-0.3, -0.25) is 4.79 Å². The number of aliphatic hydroxyl groups is 1. The summed E-state index contributed by atoms with van der Waals surface area (Å²) in [5.41, 5.74) is 6.05. The SMILES string of the molecule is Cc1ccc(N2C[C@H](c3nc4ccccc4n3C[C@H](O)COc3cc(C)ccc3C)CC2=O)cc1. The lowest BCUT2D eigenvalue weighted by molar-refractivity contribution is -0.117. The van der Waals surface area contributed by atoms with E-state index in [9.17, 15) is 9.90 Å². The van der Waals surface area contributed by atoms with Crippen LogP contribution in [0.5, 0.6) is 5.75 Å². The van der Waals surface area contributed by atoms with E-state index in [0.29, 0.717) is 19.5 Å². The van der Waals surface area contributed by atoms with Gasteiger partial charge in [0.15, 0.2) is 0 Å². The number of hydrogen-bond acceptors (Lipinski definition) is 4. The Morgan fingerprint density at radius 3 is 2.57 bits per heavy atom. The Balaban J connectivity index is 1.38. The predicted octanol–water partition coefficient (Wildman–Crippen LogP) is 4.92. The van der Waals surface area contributed by atoms with Crippen molar-refractivity contribution in [1.82, 2.24) is 9.55 Å². The van der Waals surface area contributed by atoms with Gasteiger partial charge in [-0.05, 0) is 62.2 Å². The van der Waals surface area contributed by atoms with Crippen LogP contribution in [-0.2, 0) is 11.3 Å². The Kier molecular flexibility index (Phi) is 6.31. The number of benzene rings is 3. The number of rotatable bonds is 7. The number of carbonyl (C=O) groups is 1. The summed E-state index contributed by atoms with van der Waals surface area (Å²) in [7, 11) is 0. The topological polar surface area (TPSA) is 67.6 Å². The highest BCUT2D eigenvalue weighted by molar-refractivity contribution is 5.96. The van der Waals surface area contributed by atoms with E-state index in [4.69, 9.17) is 9.72 Å². The fraction of sp³-hybridized carbons (Fsp3) is 0.310. The van der Waals surface area contributed by atoms with Gasteiger partial charge >= 0.3 is 0 Å². The molecule has 2 atom stereocenters. The molecule has 0 saturated carbocycles. The van der Waals surface area contributed by atoms with Gasteiger partial charge in [-0.1, -0.05) is 42.0 Å². The maximum atomic E-state index is 12.9. The molecule has 5 rings (SSSR count). The molecule has 0 radical (unpaired) electrons. The third kappa shape index (κ3) is 4.80. The van der Waals surface area contributed by atoms with Crippen LogP contribution in [0.15, 0.2) is 66.7 Å². The number of imidazole rings is 1. The number of amides is 1. The highest BCUT2D eigenvalue weighted by Crippen LogP contribution is 2.33. The van der Waals surface area contributed by atoms with Crippen molar-refractivity contribution in [2.75, 3.05) is 18.1 Å². The molecule has 1 saturated heterocycles. The summed E-state index contributed by atoms with van der Waals surface area (Å²) >= 11 is 0. The number of aliphatic hydroxyl groups excluding tert-OH is 1. The maximum Gasteiger partial charge on any atom is 0.227 e. The van der Waals surface area contributed by atoms with Crippen LogP contribution in [0.4, 0.5) is 5.69 Å². The quantitative estimate of drug-likeness (QED) is 0.417. The molecule has 1 fully saturated rings. The molecule has 4 aromatic rings. The fourth-order valence-electron chi connectivity index (χ4n) is 4.76. The van der Waals surface area contributed by atoms with Crippen molar-refractivity contribution < 1.29 is 14.6 Å². The first-order chi connectivity index (χ1) is 16.9. The molecule has 3 aromatic carbocycles. The van der Waals surface area contributed by atoms with Crippen LogP contribution in [0.2, 0.25) is 0 Å². The van der Waals surface area contributed by atoms with Crippen LogP contribution < -0.4 is 9.64 Å². The molecule has 180 valence electrons. The average molecular weight is 470 g/mol. The van der Waals surface area contributed by atoms with E-state index in [1.165, 1.54) is 0 Å². The Morgan fingerprint density at radius 1 is 1.03 bits per heavy atom. The lowest BCUT2D eigenvalue weighted by Gasteiger charge is -2.19. The van der Waals surface area contributed by atoms with Crippen molar-refractivity contribution in [3.05, 3.63) is 89.2 Å². The molecule has 0 spiro atoms. The van der Waals surface area contributed by atoms with Gasteiger partial charge in [0.1, 0.15) is 24.3 Å². The predicted molar refractivity (Wildman–Crippen MR) is 138 cm³/mol. The monoisotopic (exact) mass is 469 g/mol. The van der Waals surface area contributed by atoms with Gasteiger partial charge < -0.3 is 19.3 Å². The summed E-state index contributed by atoms with van der Waals surface area (Å²) in [6, 6.07) is 22.0. The maximum absolute atomic E-state index is 12.9. The van der Waals surface area contributed by atoms with E-state index in [0.717, 1.165) is 45.0 Å². The molecule has 1 N–H and O–H groups in total. The van der Waals surface area contributed by atoms with Gasteiger partial charge in [-0.25, -0.2) is 4.98 Å². The van der Waals surface area contributed by atoms with E-state index < -0.39 is 6.10 Å². The Bertz CT molecular complexity index is 1360. The first-order valence-electron chi connectivity index (χ1n) is 12.1. The first kappa shape index (κ1) is 23.1. The summed E-state index contributed by atoms with van der Waals surface area (Å²) in [6.45, 7) is 7.15. The molecule has 1 aliphatic heterocycles. The second-order valence-corrected chi connectivity index (χ2v) is 9.54. The Morgan fingerprint density at radius 2 is 1.77 bits per heavy atom. The van der Waals surface area contributed by atoms with Crippen LogP contribution in [0.3, 0.4) is 0 Å². The molecule has 2 heterocycles. The number of ether oxygens (including phenoxy) is 1.